The second-order valence-electron chi connectivity index (χ2n) is 4.11. The third-order valence-corrected chi connectivity index (χ3v) is 3.45. The molecule has 0 unspecified atom stereocenters. The van der Waals surface area contributed by atoms with Crippen molar-refractivity contribution in [1.29, 1.82) is 0 Å². The van der Waals surface area contributed by atoms with Gasteiger partial charge in [0, 0.05) is 24.1 Å². The number of alkyl halides is 1. The lowest BCUT2D eigenvalue weighted by atomic mass is 9.91. The third-order valence-electron chi connectivity index (χ3n) is 3.09. The smallest absolute Gasteiger partial charge is 0.131 e. The van der Waals surface area contributed by atoms with Crippen LogP contribution in [0.3, 0.4) is 0 Å². The first kappa shape index (κ1) is 10.9. The van der Waals surface area contributed by atoms with Gasteiger partial charge in [0.25, 0.3) is 0 Å². The van der Waals surface area contributed by atoms with Crippen LogP contribution in [0.4, 0.5) is 5.82 Å². The van der Waals surface area contributed by atoms with Crippen LogP contribution in [0, 0.1) is 6.92 Å². The van der Waals surface area contributed by atoms with Gasteiger partial charge in [-0.1, -0.05) is 22.0 Å². The molecule has 0 saturated heterocycles. The van der Waals surface area contributed by atoms with E-state index >= 15 is 0 Å². The summed E-state index contributed by atoms with van der Waals surface area (Å²) in [6, 6.07) is 4.87. The lowest BCUT2D eigenvalue weighted by Gasteiger charge is -2.38. The van der Waals surface area contributed by atoms with Gasteiger partial charge in [-0.3, -0.25) is 0 Å². The first-order valence-electron chi connectivity index (χ1n) is 5.57. The second-order valence-corrected chi connectivity index (χ2v) is 4.90. The van der Waals surface area contributed by atoms with Crippen molar-refractivity contribution in [2.45, 2.75) is 32.2 Å². The first-order chi connectivity index (χ1) is 7.33. The van der Waals surface area contributed by atoms with Crippen LogP contribution in [0.5, 0.6) is 0 Å². The Morgan fingerprint density at radius 3 is 2.87 bits per heavy atom. The number of nitrogens with zero attached hydrogens (tertiary/aromatic N) is 2. The fraction of sp³-hybridized carbons (Fsp3) is 0.583. The predicted molar refractivity (Wildman–Crippen MR) is 67.8 cm³/mol. The lowest BCUT2D eigenvalue weighted by molar-refractivity contribution is 0.388. The average Bonchev–Trinajstić information content (AvgIpc) is 2.15. The van der Waals surface area contributed by atoms with E-state index in [9.17, 15) is 0 Å². The van der Waals surface area contributed by atoms with Gasteiger partial charge >= 0.3 is 0 Å². The molecule has 0 aliphatic heterocycles. The van der Waals surface area contributed by atoms with Gasteiger partial charge in [-0.05, 0) is 37.8 Å². The second kappa shape index (κ2) is 4.97. The zero-order valence-corrected chi connectivity index (χ0v) is 10.7. The Morgan fingerprint density at radius 1 is 1.53 bits per heavy atom. The maximum absolute atomic E-state index is 4.51. The molecule has 2 rings (SSSR count). The standard InChI is InChI=1S/C12H17BrN2/c1-10-4-3-8-14-12(10)15(9-7-13)11-5-2-6-11/h3-4,8,11H,2,5-7,9H2,1H3. The molecule has 0 aromatic carbocycles. The van der Waals surface area contributed by atoms with Crippen LogP contribution in [0.25, 0.3) is 0 Å². The fourth-order valence-corrected chi connectivity index (χ4v) is 2.41. The maximum atomic E-state index is 4.51. The van der Waals surface area contributed by atoms with E-state index in [4.69, 9.17) is 0 Å². The Kier molecular flexibility index (Phi) is 3.62. The van der Waals surface area contributed by atoms with E-state index in [1.54, 1.807) is 0 Å². The molecular weight excluding hydrogens is 252 g/mol. The van der Waals surface area contributed by atoms with E-state index in [0.717, 1.165) is 17.9 Å². The van der Waals surface area contributed by atoms with Crippen LogP contribution in [0.2, 0.25) is 0 Å². The summed E-state index contributed by atoms with van der Waals surface area (Å²) in [4.78, 5) is 6.96. The molecule has 0 spiro atoms. The topological polar surface area (TPSA) is 16.1 Å². The van der Waals surface area contributed by atoms with Gasteiger partial charge in [0.15, 0.2) is 0 Å². The van der Waals surface area contributed by atoms with E-state index < -0.39 is 0 Å². The predicted octanol–water partition coefficient (Wildman–Crippen LogP) is 3.14. The summed E-state index contributed by atoms with van der Waals surface area (Å²) in [5.74, 6) is 1.17. The van der Waals surface area contributed by atoms with Gasteiger partial charge in [-0.15, -0.1) is 0 Å². The van der Waals surface area contributed by atoms with Gasteiger partial charge < -0.3 is 4.90 Å². The van der Waals surface area contributed by atoms with Crippen molar-refractivity contribution in [2.24, 2.45) is 0 Å². The number of hydrogen-bond donors (Lipinski definition) is 0. The van der Waals surface area contributed by atoms with Crippen molar-refractivity contribution in [2.75, 3.05) is 16.8 Å². The molecule has 15 heavy (non-hydrogen) atoms. The molecule has 0 amide bonds. The molecule has 2 nitrogen and oxygen atoms in total. The van der Waals surface area contributed by atoms with E-state index in [0.29, 0.717) is 0 Å². The van der Waals surface area contributed by atoms with E-state index in [-0.39, 0.29) is 0 Å². The number of pyridine rings is 1. The third kappa shape index (κ3) is 2.33. The molecule has 0 bridgehead atoms. The van der Waals surface area contributed by atoms with Crippen LogP contribution >= 0.6 is 15.9 Å². The van der Waals surface area contributed by atoms with Crippen LogP contribution in [-0.4, -0.2) is 22.9 Å². The number of aryl methyl sites for hydroxylation is 1. The molecule has 82 valence electrons. The highest BCUT2D eigenvalue weighted by Gasteiger charge is 2.26. The van der Waals surface area contributed by atoms with E-state index in [1.807, 2.05) is 12.3 Å². The largest absolute Gasteiger partial charge is 0.353 e. The monoisotopic (exact) mass is 268 g/mol. The molecule has 0 N–H and O–H groups in total. The summed E-state index contributed by atoms with van der Waals surface area (Å²) >= 11 is 3.52. The van der Waals surface area contributed by atoms with E-state index in [2.05, 4.69) is 38.8 Å². The van der Waals surface area contributed by atoms with Crippen molar-refractivity contribution in [3.8, 4) is 0 Å². The normalized spacial score (nSPS) is 16.1. The maximum Gasteiger partial charge on any atom is 0.131 e. The number of hydrogen-bond acceptors (Lipinski definition) is 2. The fourth-order valence-electron chi connectivity index (χ4n) is 2.03. The van der Waals surface area contributed by atoms with Gasteiger partial charge in [0.1, 0.15) is 5.82 Å². The van der Waals surface area contributed by atoms with Crippen LogP contribution < -0.4 is 4.90 Å². The number of halogens is 1. The van der Waals surface area contributed by atoms with E-state index in [1.165, 1.54) is 30.6 Å². The van der Waals surface area contributed by atoms with Crippen molar-refractivity contribution >= 4 is 21.7 Å². The van der Waals surface area contributed by atoms with Gasteiger partial charge in [0.05, 0.1) is 0 Å². The summed E-state index contributed by atoms with van der Waals surface area (Å²) in [7, 11) is 0. The van der Waals surface area contributed by atoms with Crippen molar-refractivity contribution in [1.82, 2.24) is 4.98 Å². The highest BCUT2D eigenvalue weighted by Crippen LogP contribution is 2.29. The Morgan fingerprint density at radius 2 is 2.33 bits per heavy atom. The molecule has 1 aliphatic carbocycles. The minimum Gasteiger partial charge on any atom is -0.353 e. The SMILES string of the molecule is Cc1cccnc1N(CCBr)C1CCC1. The van der Waals surface area contributed by atoms with Crippen LogP contribution in [0.1, 0.15) is 24.8 Å². The van der Waals surface area contributed by atoms with Gasteiger partial charge in [0.2, 0.25) is 0 Å². The molecule has 0 radical (unpaired) electrons. The van der Waals surface area contributed by atoms with Crippen molar-refractivity contribution in [3.05, 3.63) is 23.9 Å². The number of rotatable bonds is 4. The summed E-state index contributed by atoms with van der Waals surface area (Å²) < 4.78 is 0. The summed E-state index contributed by atoms with van der Waals surface area (Å²) in [6.07, 6.45) is 5.91. The lowest BCUT2D eigenvalue weighted by Crippen LogP contribution is -2.42. The highest BCUT2D eigenvalue weighted by atomic mass is 79.9. The molecule has 1 aromatic heterocycles. The Hall–Kier alpha value is -0.570. The molecule has 3 heteroatoms. The highest BCUT2D eigenvalue weighted by molar-refractivity contribution is 9.09. The Bertz CT molecular complexity index is 323. The van der Waals surface area contributed by atoms with Crippen molar-refractivity contribution in [3.63, 3.8) is 0 Å². The summed E-state index contributed by atoms with van der Waals surface area (Å²) in [6.45, 7) is 3.20. The zero-order valence-electron chi connectivity index (χ0n) is 9.12. The van der Waals surface area contributed by atoms with Crippen molar-refractivity contribution < 1.29 is 0 Å². The molecule has 1 saturated carbocycles. The number of anilines is 1. The first-order valence-corrected chi connectivity index (χ1v) is 6.69. The quantitative estimate of drug-likeness (QED) is 0.781. The Labute approximate surface area is 99.8 Å². The van der Waals surface area contributed by atoms with Crippen LogP contribution in [-0.2, 0) is 0 Å². The van der Waals surface area contributed by atoms with Gasteiger partial charge in [-0.25, -0.2) is 4.98 Å². The number of aromatic nitrogens is 1. The summed E-state index contributed by atoms with van der Waals surface area (Å²) in [5.41, 5.74) is 1.28. The summed E-state index contributed by atoms with van der Waals surface area (Å²) in [5, 5.41) is 1.01. The molecular formula is C12H17BrN2. The molecule has 1 aliphatic rings. The zero-order chi connectivity index (χ0) is 10.7. The molecule has 1 heterocycles. The molecule has 1 aromatic rings. The van der Waals surface area contributed by atoms with Gasteiger partial charge in [-0.2, -0.15) is 0 Å². The molecule has 0 atom stereocenters. The van der Waals surface area contributed by atoms with Crippen LogP contribution in [0.15, 0.2) is 18.3 Å². The average molecular weight is 269 g/mol. The minimum absolute atomic E-state index is 0.719. The molecule has 1 fully saturated rings. The Balaban J connectivity index is 2.19. The minimum atomic E-state index is 0.719.